The smallest absolute Gasteiger partial charge is 0.129 e. The molecule has 0 saturated heterocycles. The van der Waals surface area contributed by atoms with Gasteiger partial charge in [0.15, 0.2) is 0 Å². The zero-order chi connectivity index (χ0) is 31.2. The van der Waals surface area contributed by atoms with Crippen molar-refractivity contribution in [3.8, 4) is 22.5 Å². The monoisotopic (exact) mass is 761 g/mol. The molecular weight excluding hydrogens is 725 g/mol. The van der Waals surface area contributed by atoms with Crippen molar-refractivity contribution in [3.63, 3.8) is 0 Å². The van der Waals surface area contributed by atoms with Crippen molar-refractivity contribution < 1.29 is 27.3 Å². The van der Waals surface area contributed by atoms with Crippen LogP contribution in [0.25, 0.3) is 54.5 Å². The Morgan fingerprint density at radius 3 is 2.40 bits per heavy atom. The van der Waals surface area contributed by atoms with E-state index in [0.29, 0.717) is 11.3 Å². The second-order valence-electron chi connectivity index (χ2n) is 11.6. The Balaban J connectivity index is 0.000000240. The first-order valence-corrected chi connectivity index (χ1v) is 14.9. The zero-order valence-corrected chi connectivity index (χ0v) is 28.3. The van der Waals surface area contributed by atoms with Crippen LogP contribution in [-0.2, 0) is 26.5 Å². The molecule has 3 nitrogen and oxygen atoms in total. The molecule has 0 aliphatic rings. The molecule has 0 spiro atoms. The summed E-state index contributed by atoms with van der Waals surface area (Å²) in [5, 5.41) is 3.28. The van der Waals surface area contributed by atoms with Gasteiger partial charge in [0.05, 0.1) is 5.58 Å². The minimum atomic E-state index is -1.50. The van der Waals surface area contributed by atoms with E-state index < -0.39 is 11.8 Å². The second-order valence-corrected chi connectivity index (χ2v) is 12.9. The van der Waals surface area contributed by atoms with E-state index in [1.807, 2.05) is 82.4 Å². The average Bonchev–Trinajstić information content (AvgIpc) is 3.54. The number of hydrogen-bond acceptors (Lipinski definition) is 4. The van der Waals surface area contributed by atoms with E-state index in [9.17, 15) is 0 Å². The molecule has 0 aliphatic carbocycles. The van der Waals surface area contributed by atoms with Crippen LogP contribution in [0.4, 0.5) is 0 Å². The van der Waals surface area contributed by atoms with Crippen LogP contribution in [0.1, 0.15) is 45.1 Å². The van der Waals surface area contributed by atoms with Crippen molar-refractivity contribution >= 4 is 43.4 Å². The average molecular weight is 761 g/mol. The fourth-order valence-corrected chi connectivity index (χ4v) is 6.16. The van der Waals surface area contributed by atoms with Gasteiger partial charge in [-0.15, -0.1) is 65.4 Å². The number of rotatable bonds is 3. The molecule has 3 aromatic carbocycles. The maximum atomic E-state index is 8.65. The first kappa shape index (κ1) is 28.2. The van der Waals surface area contributed by atoms with Crippen LogP contribution in [-0.4, -0.2) is 9.97 Å². The largest absolute Gasteiger partial charge is 0.500 e. The summed E-state index contributed by atoms with van der Waals surface area (Å²) in [6.45, 7) is 12.1. The van der Waals surface area contributed by atoms with Crippen molar-refractivity contribution in [3.05, 3.63) is 119 Å². The summed E-state index contributed by atoms with van der Waals surface area (Å²) in [5.74, 6) is 0. The Hall–Kier alpha value is -3.63. The van der Waals surface area contributed by atoms with Crippen molar-refractivity contribution in [2.75, 3.05) is 0 Å². The molecule has 4 aromatic heterocycles. The molecule has 0 unspecified atom stereocenters. The number of aryl methyl sites for hydroxylation is 3. The number of hydrogen-bond donors (Lipinski definition) is 0. The molecule has 0 amide bonds. The summed E-state index contributed by atoms with van der Waals surface area (Å²) in [6, 6.07) is 30.2. The van der Waals surface area contributed by atoms with Gasteiger partial charge in [-0.1, -0.05) is 61.5 Å². The normalized spacial score (nSPS) is 12.4. The third kappa shape index (κ3) is 6.50. The van der Waals surface area contributed by atoms with Gasteiger partial charge in [-0.25, -0.2) is 0 Å². The first-order valence-electron chi connectivity index (χ1n) is 15.1. The fraction of sp³-hybridized carbons (Fsp3) is 0.211. The van der Waals surface area contributed by atoms with E-state index in [1.165, 1.54) is 26.1 Å². The number of nitrogens with zero attached hydrogens (tertiary/aromatic N) is 2. The SMILES string of the molecule is Cc1ccc(-c2[c-]cccc2)nc1.[2H]C([2H])(c1ccnc(-c2[c-]ccc3c2oc2c3ccc3sc(C)c(C)c32)c1)C(C)(C)C.[Ir]. The van der Waals surface area contributed by atoms with Crippen molar-refractivity contribution in [1.82, 2.24) is 9.97 Å². The molecule has 5 heteroatoms. The van der Waals surface area contributed by atoms with Gasteiger partial charge in [0.1, 0.15) is 5.58 Å². The van der Waals surface area contributed by atoms with E-state index in [0.717, 1.165) is 38.8 Å². The van der Waals surface area contributed by atoms with Gasteiger partial charge < -0.3 is 14.4 Å². The quantitative estimate of drug-likeness (QED) is 0.168. The summed E-state index contributed by atoms with van der Waals surface area (Å²) < 4.78 is 25.0. The number of pyridine rings is 2. The van der Waals surface area contributed by atoms with Gasteiger partial charge in [-0.2, -0.15) is 0 Å². The topological polar surface area (TPSA) is 38.9 Å². The molecular formula is C38H34IrN2OS-2. The van der Waals surface area contributed by atoms with Crippen LogP contribution in [0.15, 0.2) is 89.6 Å². The van der Waals surface area contributed by atoms with Crippen LogP contribution in [0.2, 0.25) is 0 Å². The van der Waals surface area contributed by atoms with Crippen LogP contribution < -0.4 is 0 Å². The fourth-order valence-electron chi connectivity index (χ4n) is 5.09. The standard InChI is InChI=1S/C26H24NOS.C12H10N.Ir/c1-15-16(2)29-22-10-9-19-18-7-6-8-20(24(18)28-25(19)23(15)22)21-13-17(11-12-27-21)14-26(3,4)5;1-10-7-8-12(13-9-10)11-5-3-2-4-6-11;/h6-7,9-13H,14H2,1-5H3;2-5,7-9H,1H3;/q2*-1;/i14D2;;. The van der Waals surface area contributed by atoms with Gasteiger partial charge in [0, 0.05) is 55.6 Å². The minimum Gasteiger partial charge on any atom is -0.500 e. The number of aromatic nitrogens is 2. The Labute approximate surface area is 274 Å². The third-order valence-electron chi connectivity index (χ3n) is 7.16. The summed E-state index contributed by atoms with van der Waals surface area (Å²) >= 11 is 1.79. The zero-order valence-electron chi connectivity index (χ0n) is 27.1. The number of fused-ring (bicyclic) bond motifs is 5. The number of benzene rings is 3. The van der Waals surface area contributed by atoms with E-state index in [4.69, 9.17) is 7.16 Å². The maximum absolute atomic E-state index is 8.65. The van der Waals surface area contributed by atoms with Crippen LogP contribution in [0.3, 0.4) is 0 Å². The molecule has 7 rings (SSSR count). The van der Waals surface area contributed by atoms with E-state index in [-0.39, 0.29) is 20.1 Å². The van der Waals surface area contributed by atoms with Gasteiger partial charge in [0.25, 0.3) is 0 Å². The van der Waals surface area contributed by atoms with Crippen LogP contribution >= 0.6 is 11.3 Å². The van der Waals surface area contributed by atoms with E-state index >= 15 is 0 Å². The summed E-state index contributed by atoms with van der Waals surface area (Å²) in [4.78, 5) is 10.2. The molecule has 0 aliphatic heterocycles. The molecule has 43 heavy (non-hydrogen) atoms. The number of thiophene rings is 1. The predicted molar refractivity (Wildman–Crippen MR) is 177 cm³/mol. The molecule has 0 fully saturated rings. The summed E-state index contributed by atoms with van der Waals surface area (Å²) in [5.41, 5.74) is 7.61. The van der Waals surface area contributed by atoms with Crippen molar-refractivity contribution in [2.45, 2.75) is 47.9 Å². The van der Waals surface area contributed by atoms with E-state index in [1.54, 1.807) is 23.6 Å². The van der Waals surface area contributed by atoms with Gasteiger partial charge >= 0.3 is 0 Å². The van der Waals surface area contributed by atoms with Gasteiger partial charge in [0.2, 0.25) is 0 Å². The number of furan rings is 1. The summed E-state index contributed by atoms with van der Waals surface area (Å²) in [6.07, 6.45) is 2.05. The molecule has 219 valence electrons. The molecule has 0 saturated carbocycles. The molecule has 0 atom stereocenters. The Kier molecular flexibility index (Phi) is 8.21. The molecule has 1 radical (unpaired) electrons. The molecule has 0 N–H and O–H groups in total. The van der Waals surface area contributed by atoms with E-state index in [2.05, 4.69) is 54.1 Å². The minimum absolute atomic E-state index is 0. The van der Waals surface area contributed by atoms with Gasteiger partial charge in [-0.05, 0) is 67.2 Å². The Morgan fingerprint density at radius 1 is 0.860 bits per heavy atom. The van der Waals surface area contributed by atoms with Crippen molar-refractivity contribution in [2.24, 2.45) is 5.41 Å². The molecule has 0 bridgehead atoms. The first-order chi connectivity index (χ1) is 21.0. The van der Waals surface area contributed by atoms with Gasteiger partial charge in [-0.3, -0.25) is 0 Å². The predicted octanol–water partition coefficient (Wildman–Crippen LogP) is 10.7. The molecule has 7 aromatic rings. The second kappa shape index (κ2) is 12.5. The Bertz CT molecular complexity index is 2110. The van der Waals surface area contributed by atoms with Crippen molar-refractivity contribution in [1.29, 1.82) is 0 Å². The Morgan fingerprint density at radius 2 is 1.67 bits per heavy atom. The van der Waals surface area contributed by atoms with Crippen LogP contribution in [0, 0.1) is 38.3 Å². The van der Waals surface area contributed by atoms with Crippen LogP contribution in [0.5, 0.6) is 0 Å². The maximum Gasteiger partial charge on any atom is 0.129 e. The third-order valence-corrected chi connectivity index (χ3v) is 8.33. The summed E-state index contributed by atoms with van der Waals surface area (Å²) in [7, 11) is 0. The molecule has 4 heterocycles.